The fourth-order valence-corrected chi connectivity index (χ4v) is 5.54. The zero-order chi connectivity index (χ0) is 27.0. The zero-order valence-corrected chi connectivity index (χ0v) is 22.6. The summed E-state index contributed by atoms with van der Waals surface area (Å²) in [7, 11) is 0. The number of hydrogen-bond acceptors (Lipinski definition) is 5. The molecule has 0 amide bonds. The Morgan fingerprint density at radius 1 is 0.974 bits per heavy atom. The molecule has 3 heterocycles. The van der Waals surface area contributed by atoms with Crippen LogP contribution in [0, 0.1) is 17.7 Å². The number of benzene rings is 1. The summed E-state index contributed by atoms with van der Waals surface area (Å²) in [5.41, 5.74) is 4.21. The number of halogens is 2. The van der Waals surface area contributed by atoms with Gasteiger partial charge in [0, 0.05) is 48.4 Å². The summed E-state index contributed by atoms with van der Waals surface area (Å²) in [4.78, 5) is 25.8. The molecule has 0 unspecified atom stereocenters. The highest BCUT2D eigenvalue weighted by Crippen LogP contribution is 2.35. The Morgan fingerprint density at radius 2 is 1.79 bits per heavy atom. The lowest BCUT2D eigenvalue weighted by atomic mass is 9.78. The van der Waals surface area contributed by atoms with Crippen LogP contribution in [0.1, 0.15) is 60.1 Å². The lowest BCUT2D eigenvalue weighted by molar-refractivity contribution is 0.0967. The van der Waals surface area contributed by atoms with Crippen LogP contribution in [0.25, 0.3) is 11.3 Å². The number of rotatable bonds is 10. The van der Waals surface area contributed by atoms with E-state index >= 15 is 0 Å². The Kier molecular flexibility index (Phi) is 8.94. The topological polar surface area (TPSA) is 67.8 Å². The standard InChI is InChI=1S/C32H32ClFN4O/c33-29-21-36-27(17-23-11-9-22(10-12-23)13-14-31(39)25-5-3-15-35-20-25)18-28(29)30-7-2-8-32(38-30)37-19-24-4-1-6-26(34)16-24/h1-8,15-16,18,20-23H,9-14,17,19H2,(H,37,38). The second-order valence-corrected chi connectivity index (χ2v) is 10.7. The van der Waals surface area contributed by atoms with Crippen molar-refractivity contribution in [3.05, 3.63) is 107 Å². The first-order chi connectivity index (χ1) is 19.0. The summed E-state index contributed by atoms with van der Waals surface area (Å²) in [5.74, 6) is 1.81. The summed E-state index contributed by atoms with van der Waals surface area (Å²) in [6.07, 6.45) is 12.1. The molecule has 1 saturated carbocycles. The van der Waals surface area contributed by atoms with E-state index in [1.165, 1.54) is 12.1 Å². The van der Waals surface area contributed by atoms with Gasteiger partial charge in [-0.25, -0.2) is 9.37 Å². The number of nitrogens with one attached hydrogen (secondary N) is 1. The lowest BCUT2D eigenvalue weighted by Crippen LogP contribution is -2.17. The van der Waals surface area contributed by atoms with Crippen molar-refractivity contribution in [2.24, 2.45) is 11.8 Å². The third kappa shape index (κ3) is 7.48. The molecule has 5 nitrogen and oxygen atoms in total. The summed E-state index contributed by atoms with van der Waals surface area (Å²) in [6.45, 7) is 0.476. The molecular formula is C32H32ClFN4O. The third-order valence-electron chi connectivity index (χ3n) is 7.53. The van der Waals surface area contributed by atoms with Crippen LogP contribution in [0.4, 0.5) is 10.2 Å². The first-order valence-electron chi connectivity index (χ1n) is 13.6. The van der Waals surface area contributed by atoms with E-state index in [-0.39, 0.29) is 11.6 Å². The summed E-state index contributed by atoms with van der Waals surface area (Å²) in [5, 5.41) is 3.83. The Bertz CT molecular complexity index is 1410. The van der Waals surface area contributed by atoms with E-state index in [0.717, 1.165) is 61.0 Å². The number of carbonyl (C=O) groups excluding carboxylic acids is 1. The quantitative estimate of drug-likeness (QED) is 0.206. The predicted octanol–water partition coefficient (Wildman–Crippen LogP) is 7.96. The minimum atomic E-state index is -0.253. The highest BCUT2D eigenvalue weighted by Gasteiger charge is 2.23. The van der Waals surface area contributed by atoms with Gasteiger partial charge in [-0.05, 0) is 85.5 Å². The number of pyridine rings is 3. The van der Waals surface area contributed by atoms with E-state index in [9.17, 15) is 9.18 Å². The van der Waals surface area contributed by atoms with Gasteiger partial charge in [-0.2, -0.15) is 0 Å². The molecule has 0 radical (unpaired) electrons. The minimum absolute atomic E-state index is 0.185. The molecule has 0 spiro atoms. The number of carbonyl (C=O) groups is 1. The van der Waals surface area contributed by atoms with Crippen LogP contribution in [-0.2, 0) is 13.0 Å². The van der Waals surface area contributed by atoms with Crippen molar-refractivity contribution in [1.82, 2.24) is 15.0 Å². The van der Waals surface area contributed by atoms with E-state index < -0.39 is 0 Å². The van der Waals surface area contributed by atoms with Crippen molar-refractivity contribution in [3.63, 3.8) is 0 Å². The molecule has 1 fully saturated rings. The largest absolute Gasteiger partial charge is 0.366 e. The highest BCUT2D eigenvalue weighted by molar-refractivity contribution is 6.33. The number of ketones is 1. The average Bonchev–Trinajstić information content (AvgIpc) is 2.97. The normalized spacial score (nSPS) is 17.1. The van der Waals surface area contributed by atoms with Gasteiger partial charge in [0.05, 0.1) is 10.7 Å². The molecule has 39 heavy (non-hydrogen) atoms. The van der Waals surface area contributed by atoms with Gasteiger partial charge in [0.25, 0.3) is 0 Å². The molecule has 1 aliphatic carbocycles. The Labute approximate surface area is 233 Å². The maximum absolute atomic E-state index is 13.5. The summed E-state index contributed by atoms with van der Waals surface area (Å²) >= 11 is 6.54. The van der Waals surface area contributed by atoms with E-state index in [1.807, 2.05) is 36.4 Å². The van der Waals surface area contributed by atoms with Crippen LogP contribution >= 0.6 is 11.6 Å². The third-order valence-corrected chi connectivity index (χ3v) is 7.83. The van der Waals surface area contributed by atoms with Gasteiger partial charge in [-0.1, -0.05) is 42.6 Å². The smallest absolute Gasteiger partial charge is 0.164 e. The fourth-order valence-electron chi connectivity index (χ4n) is 5.34. The van der Waals surface area contributed by atoms with E-state index in [4.69, 9.17) is 16.6 Å². The van der Waals surface area contributed by atoms with Gasteiger partial charge in [0.1, 0.15) is 11.6 Å². The highest BCUT2D eigenvalue weighted by atomic mass is 35.5. The molecule has 0 atom stereocenters. The first-order valence-corrected chi connectivity index (χ1v) is 13.9. The second kappa shape index (κ2) is 12.9. The molecule has 1 N–H and O–H groups in total. The van der Waals surface area contributed by atoms with Crippen molar-refractivity contribution in [2.45, 2.75) is 51.5 Å². The van der Waals surface area contributed by atoms with Crippen LogP contribution in [0.2, 0.25) is 5.02 Å². The van der Waals surface area contributed by atoms with Gasteiger partial charge in [0.15, 0.2) is 5.78 Å². The van der Waals surface area contributed by atoms with Crippen molar-refractivity contribution < 1.29 is 9.18 Å². The van der Waals surface area contributed by atoms with Crippen molar-refractivity contribution >= 4 is 23.2 Å². The number of Topliss-reactive ketones (excluding diaryl/α,β-unsaturated/α-hetero) is 1. The van der Waals surface area contributed by atoms with Crippen LogP contribution in [0.3, 0.4) is 0 Å². The molecular weight excluding hydrogens is 511 g/mol. The number of aromatic nitrogens is 3. The maximum atomic E-state index is 13.5. The van der Waals surface area contributed by atoms with Crippen LogP contribution < -0.4 is 5.32 Å². The van der Waals surface area contributed by atoms with Gasteiger partial charge in [-0.3, -0.25) is 14.8 Å². The van der Waals surface area contributed by atoms with Crippen molar-refractivity contribution in [2.75, 3.05) is 5.32 Å². The Morgan fingerprint density at radius 3 is 2.59 bits per heavy atom. The molecule has 3 aromatic heterocycles. The Balaban J connectivity index is 1.15. The number of nitrogens with zero attached hydrogens (tertiary/aromatic N) is 3. The molecule has 4 aromatic rings. The Hall–Kier alpha value is -3.64. The number of anilines is 1. The maximum Gasteiger partial charge on any atom is 0.164 e. The van der Waals surface area contributed by atoms with Crippen LogP contribution in [0.5, 0.6) is 0 Å². The summed E-state index contributed by atoms with van der Waals surface area (Å²) < 4.78 is 13.5. The van der Waals surface area contributed by atoms with Crippen LogP contribution in [0.15, 0.2) is 79.3 Å². The molecule has 7 heteroatoms. The predicted molar refractivity (Wildman–Crippen MR) is 153 cm³/mol. The SMILES string of the molecule is O=C(CCC1CCC(Cc2cc(-c3cccc(NCc4cccc(F)c4)n3)c(Cl)cn2)CC1)c1cccnc1. The molecule has 200 valence electrons. The van der Waals surface area contributed by atoms with Gasteiger partial charge in [0.2, 0.25) is 0 Å². The average molecular weight is 543 g/mol. The van der Waals surface area contributed by atoms with E-state index in [0.29, 0.717) is 41.2 Å². The summed E-state index contributed by atoms with van der Waals surface area (Å²) in [6, 6.07) is 18.0. The number of hydrogen-bond donors (Lipinski definition) is 1. The molecule has 0 saturated heterocycles. The molecule has 0 bridgehead atoms. The minimum Gasteiger partial charge on any atom is -0.366 e. The van der Waals surface area contributed by atoms with Crippen molar-refractivity contribution in [1.29, 1.82) is 0 Å². The molecule has 0 aliphatic heterocycles. The van der Waals surface area contributed by atoms with Gasteiger partial charge in [-0.15, -0.1) is 0 Å². The van der Waals surface area contributed by atoms with Crippen LogP contribution in [-0.4, -0.2) is 20.7 Å². The van der Waals surface area contributed by atoms with Gasteiger partial charge < -0.3 is 5.32 Å². The molecule has 1 aliphatic rings. The zero-order valence-electron chi connectivity index (χ0n) is 21.8. The fraction of sp³-hybridized carbons (Fsp3) is 0.312. The second-order valence-electron chi connectivity index (χ2n) is 10.3. The van der Waals surface area contributed by atoms with Gasteiger partial charge >= 0.3 is 0 Å². The van der Waals surface area contributed by atoms with E-state index in [1.54, 1.807) is 24.7 Å². The monoisotopic (exact) mass is 542 g/mol. The first kappa shape index (κ1) is 26.9. The van der Waals surface area contributed by atoms with E-state index in [2.05, 4.69) is 21.4 Å². The van der Waals surface area contributed by atoms with Crippen molar-refractivity contribution in [3.8, 4) is 11.3 Å². The molecule has 1 aromatic carbocycles. The lowest BCUT2D eigenvalue weighted by Gasteiger charge is -2.28. The molecule has 5 rings (SSSR count).